The van der Waals surface area contributed by atoms with Gasteiger partial charge in [0.1, 0.15) is 5.82 Å². The van der Waals surface area contributed by atoms with Gasteiger partial charge in [-0.15, -0.1) is 0 Å². The molecule has 0 spiro atoms. The van der Waals surface area contributed by atoms with E-state index in [1.807, 2.05) is 18.2 Å². The van der Waals surface area contributed by atoms with E-state index in [1.54, 1.807) is 6.07 Å². The maximum atomic E-state index is 11.9. The summed E-state index contributed by atoms with van der Waals surface area (Å²) in [6.45, 7) is 6.75. The number of fused-ring (bicyclic) bond motifs is 1. The molecule has 2 aromatic rings. The van der Waals surface area contributed by atoms with Gasteiger partial charge in [-0.1, -0.05) is 12.1 Å². The van der Waals surface area contributed by atoms with E-state index in [-0.39, 0.29) is 5.56 Å². The van der Waals surface area contributed by atoms with Gasteiger partial charge < -0.3 is 15.2 Å². The van der Waals surface area contributed by atoms with E-state index >= 15 is 0 Å². The highest BCUT2D eigenvalue weighted by Crippen LogP contribution is 2.05. The molecule has 2 rings (SSSR count). The molecule has 0 aliphatic heterocycles. The van der Waals surface area contributed by atoms with Crippen LogP contribution in [0.4, 0.5) is 0 Å². The molecule has 0 saturated carbocycles. The molecule has 5 nitrogen and oxygen atoms in total. The lowest BCUT2D eigenvalue weighted by Crippen LogP contribution is -2.34. The summed E-state index contributed by atoms with van der Waals surface area (Å²) in [6, 6.07) is 7.93. The van der Waals surface area contributed by atoms with Crippen molar-refractivity contribution in [3.8, 4) is 0 Å². The van der Waals surface area contributed by atoms with Gasteiger partial charge in [-0.25, -0.2) is 4.98 Å². The van der Waals surface area contributed by atoms with Crippen molar-refractivity contribution in [1.82, 2.24) is 20.2 Å². The van der Waals surface area contributed by atoms with Crippen molar-refractivity contribution >= 4 is 10.9 Å². The maximum Gasteiger partial charge on any atom is 0.258 e. The second-order valence-electron chi connectivity index (χ2n) is 5.28. The lowest BCUT2D eigenvalue weighted by Gasteiger charge is -2.20. The Morgan fingerprint density at radius 1 is 1.35 bits per heavy atom. The van der Waals surface area contributed by atoms with Crippen LogP contribution in [0.25, 0.3) is 10.9 Å². The third kappa shape index (κ3) is 3.65. The molecule has 5 heteroatoms. The summed E-state index contributed by atoms with van der Waals surface area (Å²) < 4.78 is 0. The van der Waals surface area contributed by atoms with Crippen molar-refractivity contribution in [1.29, 1.82) is 0 Å². The number of para-hydroxylation sites is 1. The number of aromatic amines is 1. The number of hydrogen-bond acceptors (Lipinski definition) is 4. The Balaban J connectivity index is 1.95. The van der Waals surface area contributed by atoms with Crippen molar-refractivity contribution in [2.24, 2.45) is 0 Å². The fourth-order valence-electron chi connectivity index (χ4n) is 1.94. The van der Waals surface area contributed by atoms with Gasteiger partial charge in [0.25, 0.3) is 5.56 Å². The molecule has 0 atom stereocenters. The van der Waals surface area contributed by atoms with E-state index in [1.165, 1.54) is 0 Å². The summed E-state index contributed by atoms with van der Waals surface area (Å²) in [5.41, 5.74) is 0.666. The minimum atomic E-state index is -0.0771. The van der Waals surface area contributed by atoms with Gasteiger partial charge in [-0.05, 0) is 33.0 Å². The number of hydrogen-bond donors (Lipinski definition) is 2. The largest absolute Gasteiger partial charge is 0.309 e. The zero-order valence-corrected chi connectivity index (χ0v) is 12.3. The normalized spacial score (nSPS) is 11.7. The van der Waals surface area contributed by atoms with Gasteiger partial charge in [0, 0.05) is 19.1 Å². The molecule has 1 aromatic carbocycles. The lowest BCUT2D eigenvalue weighted by molar-refractivity contribution is 0.273. The Kier molecular flexibility index (Phi) is 4.87. The predicted molar refractivity (Wildman–Crippen MR) is 81.8 cm³/mol. The molecule has 0 amide bonds. The van der Waals surface area contributed by atoms with Crippen LogP contribution in [0, 0.1) is 0 Å². The van der Waals surface area contributed by atoms with Crippen molar-refractivity contribution in [3.63, 3.8) is 0 Å². The molecule has 0 radical (unpaired) electrons. The SMILES string of the molecule is CC(C)N(C)CCNCc1nc2ccccc2c(=O)[nH]1. The van der Waals surface area contributed by atoms with Crippen LogP contribution in [0.15, 0.2) is 29.1 Å². The smallest absolute Gasteiger partial charge is 0.258 e. The topological polar surface area (TPSA) is 61.0 Å². The van der Waals surface area contributed by atoms with E-state index in [0.29, 0.717) is 23.8 Å². The van der Waals surface area contributed by atoms with Crippen LogP contribution in [-0.4, -0.2) is 41.0 Å². The molecule has 108 valence electrons. The fraction of sp³-hybridized carbons (Fsp3) is 0.467. The van der Waals surface area contributed by atoms with Gasteiger partial charge >= 0.3 is 0 Å². The third-order valence-electron chi connectivity index (χ3n) is 3.48. The first-order valence-corrected chi connectivity index (χ1v) is 6.97. The van der Waals surface area contributed by atoms with Gasteiger partial charge in [0.15, 0.2) is 0 Å². The van der Waals surface area contributed by atoms with Crippen LogP contribution in [0.5, 0.6) is 0 Å². The van der Waals surface area contributed by atoms with Crippen LogP contribution in [0.3, 0.4) is 0 Å². The van der Waals surface area contributed by atoms with Crippen LogP contribution < -0.4 is 10.9 Å². The first kappa shape index (κ1) is 14.7. The lowest BCUT2D eigenvalue weighted by atomic mass is 10.2. The number of nitrogens with one attached hydrogen (secondary N) is 2. The Labute approximate surface area is 119 Å². The zero-order valence-electron chi connectivity index (χ0n) is 12.3. The van der Waals surface area contributed by atoms with Crippen molar-refractivity contribution in [2.45, 2.75) is 26.4 Å². The molecule has 1 aromatic heterocycles. The molecule has 1 heterocycles. The quantitative estimate of drug-likeness (QED) is 0.781. The average molecular weight is 274 g/mol. The molecule has 0 saturated heterocycles. The highest BCUT2D eigenvalue weighted by Gasteiger charge is 2.04. The van der Waals surface area contributed by atoms with Gasteiger partial charge in [0.2, 0.25) is 0 Å². The van der Waals surface area contributed by atoms with Crippen LogP contribution in [0.1, 0.15) is 19.7 Å². The van der Waals surface area contributed by atoms with E-state index in [0.717, 1.165) is 18.6 Å². The van der Waals surface area contributed by atoms with E-state index in [2.05, 4.69) is 41.1 Å². The summed E-state index contributed by atoms with van der Waals surface area (Å²) >= 11 is 0. The second kappa shape index (κ2) is 6.63. The van der Waals surface area contributed by atoms with Crippen molar-refractivity contribution < 1.29 is 0 Å². The van der Waals surface area contributed by atoms with E-state index in [4.69, 9.17) is 0 Å². The first-order chi connectivity index (χ1) is 9.58. The van der Waals surface area contributed by atoms with Gasteiger partial charge in [-0.3, -0.25) is 4.79 Å². The predicted octanol–water partition coefficient (Wildman–Crippen LogP) is 1.35. The van der Waals surface area contributed by atoms with Crippen LogP contribution in [0.2, 0.25) is 0 Å². The number of H-pyrrole nitrogens is 1. The van der Waals surface area contributed by atoms with Crippen molar-refractivity contribution in [3.05, 3.63) is 40.4 Å². The number of nitrogens with zero attached hydrogens (tertiary/aromatic N) is 2. The highest BCUT2D eigenvalue weighted by molar-refractivity contribution is 5.77. The Morgan fingerprint density at radius 3 is 2.85 bits per heavy atom. The molecule has 0 aliphatic rings. The molecule has 0 aliphatic carbocycles. The van der Waals surface area contributed by atoms with E-state index < -0.39 is 0 Å². The number of aromatic nitrogens is 2. The van der Waals surface area contributed by atoms with Gasteiger partial charge in [-0.2, -0.15) is 0 Å². The zero-order chi connectivity index (χ0) is 14.5. The number of likely N-dealkylation sites (N-methyl/N-ethyl adjacent to an activating group) is 1. The fourth-order valence-corrected chi connectivity index (χ4v) is 1.94. The van der Waals surface area contributed by atoms with Crippen LogP contribution >= 0.6 is 0 Å². The van der Waals surface area contributed by atoms with Crippen LogP contribution in [-0.2, 0) is 6.54 Å². The second-order valence-corrected chi connectivity index (χ2v) is 5.28. The third-order valence-corrected chi connectivity index (χ3v) is 3.48. The summed E-state index contributed by atoms with van der Waals surface area (Å²) in [4.78, 5) is 21.4. The highest BCUT2D eigenvalue weighted by atomic mass is 16.1. The summed E-state index contributed by atoms with van der Waals surface area (Å²) in [5.74, 6) is 0.681. The summed E-state index contributed by atoms with van der Waals surface area (Å²) in [5, 5.41) is 3.94. The standard InChI is InChI=1S/C15H22N4O/c1-11(2)19(3)9-8-16-10-14-17-13-7-5-4-6-12(13)15(20)18-14/h4-7,11,16H,8-10H2,1-3H3,(H,17,18,20). The summed E-state index contributed by atoms with van der Waals surface area (Å²) in [6.07, 6.45) is 0. The number of benzene rings is 1. The average Bonchev–Trinajstić information content (AvgIpc) is 2.43. The summed E-state index contributed by atoms with van der Waals surface area (Å²) in [7, 11) is 2.10. The monoisotopic (exact) mass is 274 g/mol. The molecular formula is C15H22N4O. The Bertz CT molecular complexity index is 621. The molecule has 20 heavy (non-hydrogen) atoms. The molecular weight excluding hydrogens is 252 g/mol. The minimum Gasteiger partial charge on any atom is -0.309 e. The number of rotatable bonds is 6. The minimum absolute atomic E-state index is 0.0771. The molecule has 0 bridgehead atoms. The van der Waals surface area contributed by atoms with E-state index in [9.17, 15) is 4.79 Å². The molecule has 0 unspecified atom stereocenters. The Hall–Kier alpha value is -1.72. The Morgan fingerprint density at radius 2 is 2.10 bits per heavy atom. The molecule has 0 fully saturated rings. The van der Waals surface area contributed by atoms with Crippen molar-refractivity contribution in [2.75, 3.05) is 20.1 Å². The maximum absolute atomic E-state index is 11.9. The molecule has 2 N–H and O–H groups in total. The first-order valence-electron chi connectivity index (χ1n) is 6.97. The van der Waals surface area contributed by atoms with Gasteiger partial charge in [0.05, 0.1) is 17.4 Å².